The van der Waals surface area contributed by atoms with Gasteiger partial charge in [0.2, 0.25) is 0 Å². The summed E-state index contributed by atoms with van der Waals surface area (Å²) in [5, 5.41) is 12.4. The lowest BCUT2D eigenvalue weighted by atomic mass is 10.1. The summed E-state index contributed by atoms with van der Waals surface area (Å²) in [6, 6.07) is 10.7. The van der Waals surface area contributed by atoms with Gasteiger partial charge in [0.15, 0.2) is 0 Å². The van der Waals surface area contributed by atoms with Gasteiger partial charge in [-0.25, -0.2) is 0 Å². The maximum atomic E-state index is 13.1. The Kier molecular flexibility index (Phi) is 5.59. The maximum Gasteiger partial charge on any atom is 0.284 e. The van der Waals surface area contributed by atoms with Crippen molar-refractivity contribution in [2.75, 3.05) is 13.7 Å². The van der Waals surface area contributed by atoms with Crippen molar-refractivity contribution in [1.29, 1.82) is 0 Å². The Hall–Kier alpha value is -3.85. The van der Waals surface area contributed by atoms with E-state index >= 15 is 0 Å². The number of nitrogens with one attached hydrogen (secondary N) is 1. The number of methoxy groups -OCH3 is 1. The molecule has 158 valence electrons. The van der Waals surface area contributed by atoms with E-state index in [0.717, 1.165) is 16.5 Å². The van der Waals surface area contributed by atoms with E-state index in [1.165, 1.54) is 16.9 Å². The van der Waals surface area contributed by atoms with Crippen molar-refractivity contribution < 1.29 is 9.53 Å². The number of amides is 1. The van der Waals surface area contributed by atoms with Crippen molar-refractivity contribution in [1.82, 2.24) is 29.9 Å². The molecule has 0 radical (unpaired) electrons. The Morgan fingerprint density at radius 2 is 2.10 bits per heavy atom. The lowest BCUT2D eigenvalue weighted by Crippen LogP contribution is -2.39. The molecule has 0 saturated carbocycles. The fraction of sp³-hybridized carbons (Fsp3) is 0.227. The Labute approximate surface area is 178 Å². The van der Waals surface area contributed by atoms with Crippen LogP contribution in [0.25, 0.3) is 27.8 Å². The van der Waals surface area contributed by atoms with Crippen molar-refractivity contribution >= 4 is 16.8 Å². The summed E-state index contributed by atoms with van der Waals surface area (Å²) in [5.41, 5.74) is 2.02. The van der Waals surface area contributed by atoms with Crippen LogP contribution in [0.15, 0.2) is 59.8 Å². The van der Waals surface area contributed by atoms with Gasteiger partial charge in [-0.2, -0.15) is 14.9 Å². The highest BCUT2D eigenvalue weighted by Crippen LogP contribution is 2.22. The highest BCUT2D eigenvalue weighted by molar-refractivity contribution is 5.95. The highest BCUT2D eigenvalue weighted by atomic mass is 16.5. The topological polar surface area (TPSA) is 104 Å². The zero-order valence-corrected chi connectivity index (χ0v) is 17.4. The molecule has 1 aromatic carbocycles. The molecule has 4 aromatic rings. The van der Waals surface area contributed by atoms with E-state index < -0.39 is 11.5 Å². The number of rotatable bonds is 6. The molecule has 0 spiro atoms. The van der Waals surface area contributed by atoms with Crippen molar-refractivity contribution in [3.05, 3.63) is 70.9 Å². The summed E-state index contributed by atoms with van der Waals surface area (Å²) in [6.45, 7) is 2.14. The Morgan fingerprint density at radius 3 is 2.84 bits per heavy atom. The summed E-state index contributed by atoms with van der Waals surface area (Å²) in [6.07, 6.45) is 4.92. The molecule has 1 N–H and O–H groups in total. The normalized spacial score (nSPS) is 12.1. The molecule has 9 nitrogen and oxygen atoms in total. The van der Waals surface area contributed by atoms with Gasteiger partial charge >= 0.3 is 0 Å². The minimum atomic E-state index is -0.527. The molecule has 3 heterocycles. The van der Waals surface area contributed by atoms with Crippen LogP contribution in [0.3, 0.4) is 0 Å². The Bertz CT molecular complexity index is 1310. The molecule has 9 heteroatoms. The van der Waals surface area contributed by atoms with Gasteiger partial charge in [0.05, 0.1) is 30.2 Å². The lowest BCUT2D eigenvalue weighted by Gasteiger charge is -2.14. The summed E-state index contributed by atoms with van der Waals surface area (Å²) in [5.74, 6) is -0.488. The molecular weight excluding hydrogens is 396 g/mol. The second-order valence-corrected chi connectivity index (χ2v) is 7.27. The number of aryl methyl sites for hydroxylation is 1. The third-order valence-electron chi connectivity index (χ3n) is 4.78. The van der Waals surface area contributed by atoms with E-state index in [2.05, 4.69) is 20.5 Å². The first-order valence-corrected chi connectivity index (χ1v) is 9.74. The fourth-order valence-corrected chi connectivity index (χ4v) is 3.32. The third-order valence-corrected chi connectivity index (χ3v) is 4.78. The monoisotopic (exact) mass is 418 g/mol. The quantitative estimate of drug-likeness (QED) is 0.513. The Balaban J connectivity index is 1.86. The number of pyridine rings is 1. The van der Waals surface area contributed by atoms with Crippen LogP contribution in [0.5, 0.6) is 0 Å². The SMILES string of the molecule is COC[C@H](C)NC(=O)c1cc(-c2ccc3ncccc3c2)nn(-c2cnn(C)c2)c1=O. The average molecular weight is 418 g/mol. The number of ether oxygens (including phenoxy) is 1. The molecule has 0 aliphatic carbocycles. The molecule has 0 fully saturated rings. The highest BCUT2D eigenvalue weighted by Gasteiger charge is 2.19. The van der Waals surface area contributed by atoms with Crippen LogP contribution in [-0.4, -0.2) is 50.2 Å². The second kappa shape index (κ2) is 8.49. The molecule has 0 unspecified atom stereocenters. The van der Waals surface area contributed by atoms with Crippen LogP contribution >= 0.6 is 0 Å². The van der Waals surface area contributed by atoms with Gasteiger partial charge in [-0.1, -0.05) is 12.1 Å². The molecule has 0 aliphatic heterocycles. The van der Waals surface area contributed by atoms with Crippen molar-refractivity contribution in [2.24, 2.45) is 7.05 Å². The largest absolute Gasteiger partial charge is 0.383 e. The average Bonchev–Trinajstić information content (AvgIpc) is 3.19. The van der Waals surface area contributed by atoms with Gasteiger partial charge in [-0.3, -0.25) is 19.3 Å². The molecule has 4 rings (SSSR count). The number of aromatic nitrogens is 5. The number of carbonyl (C=O) groups is 1. The summed E-state index contributed by atoms with van der Waals surface area (Å²) >= 11 is 0. The number of carbonyl (C=O) groups excluding carboxylic acids is 1. The van der Waals surface area contributed by atoms with Crippen LogP contribution in [0.4, 0.5) is 0 Å². The third kappa shape index (κ3) is 4.22. The number of hydrogen-bond donors (Lipinski definition) is 1. The van der Waals surface area contributed by atoms with Gasteiger partial charge < -0.3 is 10.1 Å². The van der Waals surface area contributed by atoms with Crippen molar-refractivity contribution in [3.63, 3.8) is 0 Å². The summed E-state index contributed by atoms with van der Waals surface area (Å²) < 4.78 is 7.84. The van der Waals surface area contributed by atoms with Crippen molar-refractivity contribution in [3.8, 4) is 16.9 Å². The van der Waals surface area contributed by atoms with Crippen molar-refractivity contribution in [2.45, 2.75) is 13.0 Å². The van der Waals surface area contributed by atoms with E-state index in [9.17, 15) is 9.59 Å². The molecule has 1 amide bonds. The first-order valence-electron chi connectivity index (χ1n) is 9.74. The molecule has 0 saturated heterocycles. The van der Waals surface area contributed by atoms with Crippen LogP contribution in [0, 0.1) is 0 Å². The van der Waals surface area contributed by atoms with Gasteiger partial charge in [0.25, 0.3) is 11.5 Å². The number of fused-ring (bicyclic) bond motifs is 1. The molecule has 31 heavy (non-hydrogen) atoms. The first-order chi connectivity index (χ1) is 15.0. The summed E-state index contributed by atoms with van der Waals surface area (Å²) in [4.78, 5) is 30.3. The van der Waals surface area contributed by atoms with Crippen LogP contribution in [0.2, 0.25) is 0 Å². The standard InChI is InChI=1S/C22H22N6O3/c1-14(13-31-3)25-21(29)18-10-20(16-6-7-19-15(9-16)5-4-8-23-19)26-28(22(18)30)17-11-24-27(2)12-17/h4-12,14H,13H2,1-3H3,(H,25,29)/t14-/m0/s1. The molecule has 0 bridgehead atoms. The minimum absolute atomic E-state index is 0.0110. The summed E-state index contributed by atoms with van der Waals surface area (Å²) in [7, 11) is 3.30. The molecule has 3 aromatic heterocycles. The van der Waals surface area contributed by atoms with E-state index in [1.807, 2.05) is 30.3 Å². The molecule has 0 aliphatic rings. The van der Waals surface area contributed by atoms with Gasteiger partial charge in [-0.15, -0.1) is 0 Å². The fourth-order valence-electron chi connectivity index (χ4n) is 3.32. The molecular formula is C22H22N6O3. The minimum Gasteiger partial charge on any atom is -0.383 e. The van der Waals surface area contributed by atoms with E-state index in [4.69, 9.17) is 4.74 Å². The van der Waals surface area contributed by atoms with E-state index in [1.54, 1.807) is 38.2 Å². The second-order valence-electron chi connectivity index (χ2n) is 7.27. The van der Waals surface area contributed by atoms with Crippen LogP contribution in [-0.2, 0) is 11.8 Å². The van der Waals surface area contributed by atoms with E-state index in [-0.39, 0.29) is 11.6 Å². The zero-order valence-electron chi connectivity index (χ0n) is 17.4. The van der Waals surface area contributed by atoms with Crippen LogP contribution in [0.1, 0.15) is 17.3 Å². The Morgan fingerprint density at radius 1 is 1.26 bits per heavy atom. The predicted octanol–water partition coefficient (Wildman–Crippen LogP) is 1.95. The van der Waals surface area contributed by atoms with Crippen LogP contribution < -0.4 is 10.9 Å². The predicted molar refractivity (Wildman–Crippen MR) is 116 cm³/mol. The van der Waals surface area contributed by atoms with E-state index in [0.29, 0.717) is 18.0 Å². The first kappa shape index (κ1) is 20.4. The van der Waals surface area contributed by atoms with Gasteiger partial charge in [-0.05, 0) is 31.2 Å². The number of hydrogen-bond acceptors (Lipinski definition) is 6. The maximum absolute atomic E-state index is 13.1. The number of nitrogens with zero attached hydrogens (tertiary/aromatic N) is 5. The zero-order chi connectivity index (χ0) is 22.0. The van der Waals surface area contributed by atoms with Gasteiger partial charge in [0, 0.05) is 37.3 Å². The number of benzene rings is 1. The smallest absolute Gasteiger partial charge is 0.284 e. The van der Waals surface area contributed by atoms with Gasteiger partial charge in [0.1, 0.15) is 11.3 Å². The molecule has 1 atom stereocenters. The lowest BCUT2D eigenvalue weighted by molar-refractivity contribution is 0.0903.